The highest BCUT2D eigenvalue weighted by atomic mass is 79.9. The standard InChI is InChI=1S/C12H15BrO4S/c1-3-17-12(14)9(2)8-18(15,16)11-6-4-5-10(13)7-11/h4-7,9H,3,8H2,1-2H3. The topological polar surface area (TPSA) is 60.4 Å². The molecule has 0 aromatic heterocycles. The van der Waals surface area contributed by atoms with Crippen molar-refractivity contribution < 1.29 is 17.9 Å². The monoisotopic (exact) mass is 334 g/mol. The second kappa shape index (κ2) is 6.33. The molecule has 0 spiro atoms. The smallest absolute Gasteiger partial charge is 0.309 e. The lowest BCUT2D eigenvalue weighted by molar-refractivity contribution is -0.146. The number of halogens is 1. The second-order valence-corrected chi connectivity index (χ2v) is 6.84. The number of hydrogen-bond donors (Lipinski definition) is 0. The molecule has 0 N–H and O–H groups in total. The minimum absolute atomic E-state index is 0.202. The Bertz CT molecular complexity index is 525. The summed E-state index contributed by atoms with van der Waals surface area (Å²) in [7, 11) is -3.48. The lowest BCUT2D eigenvalue weighted by Gasteiger charge is -2.11. The molecule has 0 heterocycles. The Balaban J connectivity index is 2.86. The predicted molar refractivity (Wildman–Crippen MR) is 72.0 cm³/mol. The summed E-state index contributed by atoms with van der Waals surface area (Å²) in [6.07, 6.45) is 0. The van der Waals surface area contributed by atoms with Crippen LogP contribution in [-0.4, -0.2) is 26.7 Å². The number of ether oxygens (including phenoxy) is 1. The largest absolute Gasteiger partial charge is 0.466 e. The molecule has 0 bridgehead atoms. The number of sulfone groups is 1. The Morgan fingerprint density at radius 3 is 2.67 bits per heavy atom. The molecule has 0 aliphatic rings. The third kappa shape index (κ3) is 4.10. The van der Waals surface area contributed by atoms with Gasteiger partial charge in [0, 0.05) is 4.47 Å². The van der Waals surface area contributed by atoms with Gasteiger partial charge in [-0.25, -0.2) is 8.42 Å². The fourth-order valence-electron chi connectivity index (χ4n) is 1.44. The van der Waals surface area contributed by atoms with Crippen molar-refractivity contribution in [2.24, 2.45) is 5.92 Å². The highest BCUT2D eigenvalue weighted by molar-refractivity contribution is 9.10. The quantitative estimate of drug-likeness (QED) is 0.776. The van der Waals surface area contributed by atoms with Crippen LogP contribution in [0.1, 0.15) is 13.8 Å². The first kappa shape index (κ1) is 15.2. The normalized spacial score (nSPS) is 13.1. The summed E-state index contributed by atoms with van der Waals surface area (Å²) >= 11 is 3.22. The molecule has 1 unspecified atom stereocenters. The summed E-state index contributed by atoms with van der Waals surface area (Å²) < 4.78 is 29.6. The highest BCUT2D eigenvalue weighted by Gasteiger charge is 2.24. The van der Waals surface area contributed by atoms with Crippen molar-refractivity contribution in [2.45, 2.75) is 18.7 Å². The number of rotatable bonds is 5. The van der Waals surface area contributed by atoms with E-state index in [0.29, 0.717) is 4.47 Å². The molecule has 0 radical (unpaired) electrons. The first-order valence-corrected chi connectivity index (χ1v) is 7.96. The van der Waals surface area contributed by atoms with Crippen molar-refractivity contribution in [1.29, 1.82) is 0 Å². The summed E-state index contributed by atoms with van der Waals surface area (Å²) in [6, 6.07) is 6.42. The third-order valence-electron chi connectivity index (χ3n) is 2.31. The third-order valence-corrected chi connectivity index (χ3v) is 4.72. The zero-order valence-electron chi connectivity index (χ0n) is 10.2. The zero-order valence-corrected chi connectivity index (χ0v) is 12.6. The van der Waals surface area contributed by atoms with Gasteiger partial charge in [-0.3, -0.25) is 4.79 Å². The minimum atomic E-state index is -3.48. The fourth-order valence-corrected chi connectivity index (χ4v) is 3.57. The summed E-state index contributed by atoms with van der Waals surface area (Å²) in [5, 5.41) is 0. The Labute approximate surface area is 115 Å². The number of esters is 1. The lowest BCUT2D eigenvalue weighted by Crippen LogP contribution is -2.23. The first-order valence-electron chi connectivity index (χ1n) is 5.51. The van der Waals surface area contributed by atoms with Crippen LogP contribution in [0.3, 0.4) is 0 Å². The van der Waals surface area contributed by atoms with Crippen LogP contribution in [0.2, 0.25) is 0 Å². The van der Waals surface area contributed by atoms with Crippen LogP contribution >= 0.6 is 15.9 Å². The fraction of sp³-hybridized carbons (Fsp3) is 0.417. The maximum absolute atomic E-state index is 12.1. The average molecular weight is 335 g/mol. The molecule has 0 aliphatic heterocycles. The molecule has 18 heavy (non-hydrogen) atoms. The van der Waals surface area contributed by atoms with Crippen molar-refractivity contribution in [1.82, 2.24) is 0 Å². The average Bonchev–Trinajstić information content (AvgIpc) is 2.28. The molecular weight excluding hydrogens is 320 g/mol. The van der Waals surface area contributed by atoms with Gasteiger partial charge in [0.2, 0.25) is 0 Å². The molecule has 0 fully saturated rings. The molecule has 1 aromatic rings. The molecule has 0 saturated carbocycles. The lowest BCUT2D eigenvalue weighted by atomic mass is 10.2. The number of benzene rings is 1. The summed E-state index contributed by atoms with van der Waals surface area (Å²) in [6.45, 7) is 3.49. The van der Waals surface area contributed by atoms with E-state index in [4.69, 9.17) is 4.74 Å². The van der Waals surface area contributed by atoms with E-state index in [1.165, 1.54) is 12.1 Å². The van der Waals surface area contributed by atoms with Crippen LogP contribution in [-0.2, 0) is 19.4 Å². The maximum atomic E-state index is 12.1. The Morgan fingerprint density at radius 1 is 1.44 bits per heavy atom. The summed E-state index contributed by atoms with van der Waals surface area (Å²) in [4.78, 5) is 11.6. The molecule has 0 aliphatic carbocycles. The number of carbonyl (C=O) groups excluding carboxylic acids is 1. The van der Waals surface area contributed by atoms with E-state index in [1.807, 2.05) is 0 Å². The van der Waals surface area contributed by atoms with Crippen molar-refractivity contribution >= 4 is 31.7 Å². The van der Waals surface area contributed by atoms with Gasteiger partial charge >= 0.3 is 5.97 Å². The van der Waals surface area contributed by atoms with E-state index >= 15 is 0 Å². The van der Waals surface area contributed by atoms with Gasteiger partial charge in [-0.05, 0) is 25.1 Å². The number of carbonyl (C=O) groups is 1. The molecule has 1 aromatic carbocycles. The summed E-state index contributed by atoms with van der Waals surface area (Å²) in [5.41, 5.74) is 0. The van der Waals surface area contributed by atoms with E-state index in [2.05, 4.69) is 15.9 Å². The zero-order chi connectivity index (χ0) is 13.8. The van der Waals surface area contributed by atoms with E-state index in [-0.39, 0.29) is 17.3 Å². The van der Waals surface area contributed by atoms with Crippen LogP contribution in [0.4, 0.5) is 0 Å². The van der Waals surface area contributed by atoms with Crippen LogP contribution in [0, 0.1) is 5.92 Å². The van der Waals surface area contributed by atoms with Crippen molar-refractivity contribution in [3.8, 4) is 0 Å². The predicted octanol–water partition coefficient (Wildman–Crippen LogP) is 2.42. The van der Waals surface area contributed by atoms with Crippen LogP contribution in [0.15, 0.2) is 33.6 Å². The first-order chi connectivity index (χ1) is 8.36. The molecule has 1 atom stereocenters. The minimum Gasteiger partial charge on any atom is -0.466 e. The van der Waals surface area contributed by atoms with Crippen LogP contribution in [0.25, 0.3) is 0 Å². The van der Waals surface area contributed by atoms with E-state index < -0.39 is 21.7 Å². The number of hydrogen-bond acceptors (Lipinski definition) is 4. The maximum Gasteiger partial charge on any atom is 0.309 e. The van der Waals surface area contributed by atoms with Gasteiger partial charge in [-0.1, -0.05) is 28.9 Å². The summed E-state index contributed by atoms with van der Waals surface area (Å²) in [5.74, 6) is -1.41. The SMILES string of the molecule is CCOC(=O)C(C)CS(=O)(=O)c1cccc(Br)c1. The van der Waals surface area contributed by atoms with Gasteiger partial charge in [0.25, 0.3) is 0 Å². The molecular formula is C12H15BrO4S. The van der Waals surface area contributed by atoms with E-state index in [0.717, 1.165) is 0 Å². The van der Waals surface area contributed by atoms with Crippen molar-refractivity contribution in [3.05, 3.63) is 28.7 Å². The van der Waals surface area contributed by atoms with E-state index in [1.54, 1.807) is 26.0 Å². The van der Waals surface area contributed by atoms with Gasteiger partial charge in [0.1, 0.15) is 0 Å². The molecule has 1 rings (SSSR count). The molecule has 4 nitrogen and oxygen atoms in total. The van der Waals surface area contributed by atoms with Gasteiger partial charge < -0.3 is 4.74 Å². The molecule has 100 valence electrons. The van der Waals surface area contributed by atoms with E-state index in [9.17, 15) is 13.2 Å². The molecule has 0 saturated heterocycles. The highest BCUT2D eigenvalue weighted by Crippen LogP contribution is 2.19. The van der Waals surface area contributed by atoms with Crippen molar-refractivity contribution in [3.63, 3.8) is 0 Å². The van der Waals surface area contributed by atoms with Crippen LogP contribution < -0.4 is 0 Å². The molecule has 0 amide bonds. The van der Waals surface area contributed by atoms with Gasteiger partial charge in [-0.2, -0.15) is 0 Å². The van der Waals surface area contributed by atoms with Crippen LogP contribution in [0.5, 0.6) is 0 Å². The van der Waals surface area contributed by atoms with Gasteiger partial charge in [0.05, 0.1) is 23.2 Å². The van der Waals surface area contributed by atoms with Gasteiger partial charge in [0.15, 0.2) is 9.84 Å². The Morgan fingerprint density at radius 2 is 2.11 bits per heavy atom. The Kier molecular flexibility index (Phi) is 5.34. The Hall–Kier alpha value is -0.880. The second-order valence-electron chi connectivity index (χ2n) is 3.89. The van der Waals surface area contributed by atoms with Gasteiger partial charge in [-0.15, -0.1) is 0 Å². The van der Waals surface area contributed by atoms with Crippen molar-refractivity contribution in [2.75, 3.05) is 12.4 Å². The molecule has 6 heteroatoms.